The second-order valence-electron chi connectivity index (χ2n) is 6.55. The highest BCUT2D eigenvalue weighted by atomic mass is 32.1. The maximum atomic E-state index is 10.2. The van der Waals surface area contributed by atoms with Crippen LogP contribution in [0, 0.1) is 5.92 Å². The SMILES string of the molecule is CC(C)(C)c1csc(CC2CCCCCC2O)n1. The van der Waals surface area contributed by atoms with Gasteiger partial charge in [-0.25, -0.2) is 4.98 Å². The van der Waals surface area contributed by atoms with Crippen molar-refractivity contribution < 1.29 is 5.11 Å². The van der Waals surface area contributed by atoms with E-state index >= 15 is 0 Å². The van der Waals surface area contributed by atoms with E-state index in [1.165, 1.54) is 30.0 Å². The van der Waals surface area contributed by atoms with Gasteiger partial charge in [0.15, 0.2) is 0 Å². The van der Waals surface area contributed by atoms with Crippen LogP contribution in [0.4, 0.5) is 0 Å². The monoisotopic (exact) mass is 267 g/mol. The molecule has 0 spiro atoms. The second kappa shape index (κ2) is 5.70. The number of hydrogen-bond donors (Lipinski definition) is 1. The molecule has 0 saturated heterocycles. The average Bonchev–Trinajstić information content (AvgIpc) is 2.66. The molecule has 1 aliphatic rings. The lowest BCUT2D eigenvalue weighted by molar-refractivity contribution is 0.101. The van der Waals surface area contributed by atoms with Crippen molar-refractivity contribution >= 4 is 11.3 Å². The number of aliphatic hydroxyl groups is 1. The maximum Gasteiger partial charge on any atom is 0.0932 e. The van der Waals surface area contributed by atoms with Gasteiger partial charge in [0.2, 0.25) is 0 Å². The largest absolute Gasteiger partial charge is 0.393 e. The fourth-order valence-electron chi connectivity index (χ4n) is 2.58. The van der Waals surface area contributed by atoms with Crippen LogP contribution in [0.1, 0.15) is 63.6 Å². The van der Waals surface area contributed by atoms with Crippen LogP contribution in [0.3, 0.4) is 0 Å². The molecule has 1 aliphatic carbocycles. The van der Waals surface area contributed by atoms with Crippen LogP contribution in [-0.4, -0.2) is 16.2 Å². The number of hydrogen-bond acceptors (Lipinski definition) is 3. The van der Waals surface area contributed by atoms with Crippen molar-refractivity contribution in [1.29, 1.82) is 0 Å². The normalized spacial score (nSPS) is 26.0. The zero-order valence-corrected chi connectivity index (χ0v) is 12.6. The molecule has 0 aliphatic heterocycles. The van der Waals surface area contributed by atoms with Crippen LogP contribution < -0.4 is 0 Å². The quantitative estimate of drug-likeness (QED) is 0.824. The summed E-state index contributed by atoms with van der Waals surface area (Å²) in [5, 5.41) is 13.5. The van der Waals surface area contributed by atoms with E-state index in [9.17, 15) is 5.11 Å². The molecular weight excluding hydrogens is 242 g/mol. The molecule has 0 amide bonds. The number of nitrogens with zero attached hydrogens (tertiary/aromatic N) is 1. The van der Waals surface area contributed by atoms with Gasteiger partial charge in [-0.05, 0) is 18.8 Å². The number of aliphatic hydroxyl groups excluding tert-OH is 1. The first-order chi connectivity index (χ1) is 8.47. The van der Waals surface area contributed by atoms with Crippen molar-refractivity contribution in [2.24, 2.45) is 5.92 Å². The summed E-state index contributed by atoms with van der Waals surface area (Å²) in [5.74, 6) is 0.423. The van der Waals surface area contributed by atoms with E-state index in [4.69, 9.17) is 4.98 Å². The lowest BCUT2D eigenvalue weighted by Gasteiger charge is -2.19. The lowest BCUT2D eigenvalue weighted by Crippen LogP contribution is -2.21. The zero-order chi connectivity index (χ0) is 13.2. The van der Waals surface area contributed by atoms with Gasteiger partial charge in [0.05, 0.1) is 16.8 Å². The van der Waals surface area contributed by atoms with Crippen molar-refractivity contribution in [2.75, 3.05) is 0 Å². The van der Waals surface area contributed by atoms with Crippen LogP contribution in [-0.2, 0) is 11.8 Å². The standard InChI is InChI=1S/C15H25NOS/c1-15(2,3)13-10-18-14(16-13)9-11-7-5-4-6-8-12(11)17/h10-12,17H,4-9H2,1-3H3. The summed E-state index contributed by atoms with van der Waals surface area (Å²) in [6, 6.07) is 0. The minimum absolute atomic E-state index is 0.116. The molecule has 1 fully saturated rings. The Hall–Kier alpha value is -0.410. The van der Waals surface area contributed by atoms with Crippen molar-refractivity contribution in [3.63, 3.8) is 0 Å². The van der Waals surface area contributed by atoms with E-state index in [-0.39, 0.29) is 11.5 Å². The minimum Gasteiger partial charge on any atom is -0.393 e. The highest BCUT2D eigenvalue weighted by Crippen LogP contribution is 2.29. The van der Waals surface area contributed by atoms with Crippen LogP contribution in [0.25, 0.3) is 0 Å². The Morgan fingerprint density at radius 2 is 2.00 bits per heavy atom. The maximum absolute atomic E-state index is 10.2. The number of rotatable bonds is 2. The Labute approximate surface area is 114 Å². The molecule has 2 atom stereocenters. The summed E-state index contributed by atoms with van der Waals surface area (Å²) >= 11 is 1.76. The fourth-order valence-corrected chi connectivity index (χ4v) is 3.69. The van der Waals surface area contributed by atoms with Gasteiger partial charge in [-0.15, -0.1) is 11.3 Å². The van der Waals surface area contributed by atoms with E-state index < -0.39 is 0 Å². The van der Waals surface area contributed by atoms with Gasteiger partial charge >= 0.3 is 0 Å². The Kier molecular flexibility index (Phi) is 4.44. The van der Waals surface area contributed by atoms with Crippen LogP contribution in [0.5, 0.6) is 0 Å². The molecule has 1 N–H and O–H groups in total. The topological polar surface area (TPSA) is 33.1 Å². The van der Waals surface area contributed by atoms with Crippen LogP contribution in [0.2, 0.25) is 0 Å². The molecule has 2 nitrogen and oxygen atoms in total. The summed E-state index contributed by atoms with van der Waals surface area (Å²) in [5.41, 5.74) is 1.32. The summed E-state index contributed by atoms with van der Waals surface area (Å²) in [7, 11) is 0. The van der Waals surface area contributed by atoms with Gasteiger partial charge in [0.1, 0.15) is 0 Å². The van der Waals surface area contributed by atoms with Crippen molar-refractivity contribution in [3.8, 4) is 0 Å². The van der Waals surface area contributed by atoms with E-state index in [0.717, 1.165) is 19.3 Å². The molecule has 3 heteroatoms. The van der Waals surface area contributed by atoms with Crippen LogP contribution >= 0.6 is 11.3 Å². The molecule has 0 radical (unpaired) electrons. The van der Waals surface area contributed by atoms with E-state index in [1.807, 2.05) is 0 Å². The van der Waals surface area contributed by atoms with Gasteiger partial charge in [0, 0.05) is 17.2 Å². The third-order valence-corrected chi connectivity index (χ3v) is 4.75. The molecule has 1 heterocycles. The first kappa shape index (κ1) is 14.0. The smallest absolute Gasteiger partial charge is 0.0932 e. The van der Waals surface area contributed by atoms with Crippen molar-refractivity contribution in [2.45, 2.75) is 70.8 Å². The molecule has 1 aromatic rings. The van der Waals surface area contributed by atoms with Crippen molar-refractivity contribution in [3.05, 3.63) is 16.1 Å². The lowest BCUT2D eigenvalue weighted by atomic mass is 9.92. The molecule has 0 bridgehead atoms. The number of aromatic nitrogens is 1. The first-order valence-electron chi connectivity index (χ1n) is 7.10. The molecule has 2 unspecified atom stereocenters. The van der Waals surface area contributed by atoms with E-state index in [2.05, 4.69) is 26.2 Å². The predicted molar refractivity (Wildman–Crippen MR) is 77.1 cm³/mol. The molecular formula is C15H25NOS. The average molecular weight is 267 g/mol. The summed E-state index contributed by atoms with van der Waals surface area (Å²) in [6.45, 7) is 6.60. The molecule has 102 valence electrons. The van der Waals surface area contributed by atoms with Gasteiger partial charge in [-0.2, -0.15) is 0 Å². The highest BCUT2D eigenvalue weighted by molar-refractivity contribution is 7.09. The Morgan fingerprint density at radius 3 is 2.67 bits per heavy atom. The fraction of sp³-hybridized carbons (Fsp3) is 0.800. The molecule has 2 rings (SSSR count). The Morgan fingerprint density at radius 1 is 1.28 bits per heavy atom. The van der Waals surface area contributed by atoms with Crippen molar-refractivity contribution in [1.82, 2.24) is 4.98 Å². The minimum atomic E-state index is -0.116. The zero-order valence-electron chi connectivity index (χ0n) is 11.8. The third kappa shape index (κ3) is 3.55. The molecule has 1 aromatic heterocycles. The van der Waals surface area contributed by atoms with Gasteiger partial charge in [0.25, 0.3) is 0 Å². The third-order valence-electron chi connectivity index (χ3n) is 3.88. The van der Waals surface area contributed by atoms with E-state index in [0.29, 0.717) is 5.92 Å². The highest BCUT2D eigenvalue weighted by Gasteiger charge is 2.24. The molecule has 18 heavy (non-hydrogen) atoms. The molecule has 1 saturated carbocycles. The van der Waals surface area contributed by atoms with Gasteiger partial charge < -0.3 is 5.11 Å². The predicted octanol–water partition coefficient (Wildman–Crippen LogP) is 3.92. The summed E-state index contributed by atoms with van der Waals surface area (Å²) in [4.78, 5) is 4.75. The second-order valence-corrected chi connectivity index (χ2v) is 7.49. The van der Waals surface area contributed by atoms with E-state index in [1.54, 1.807) is 11.3 Å². The van der Waals surface area contributed by atoms with Gasteiger partial charge in [-0.1, -0.05) is 40.0 Å². The summed E-state index contributed by atoms with van der Waals surface area (Å²) < 4.78 is 0. The Bertz CT molecular complexity index is 380. The first-order valence-corrected chi connectivity index (χ1v) is 7.98. The van der Waals surface area contributed by atoms with Gasteiger partial charge in [-0.3, -0.25) is 0 Å². The van der Waals surface area contributed by atoms with Crippen LogP contribution in [0.15, 0.2) is 5.38 Å². The number of thiazole rings is 1. The molecule has 0 aromatic carbocycles. The summed E-state index contributed by atoms with van der Waals surface area (Å²) in [6.07, 6.45) is 6.70. The Balaban J connectivity index is 2.02.